The van der Waals surface area contributed by atoms with Crippen LogP contribution in [0.15, 0.2) is 0 Å². The first-order chi connectivity index (χ1) is 8.51. The highest BCUT2D eigenvalue weighted by Crippen LogP contribution is 2.17. The highest BCUT2D eigenvalue weighted by Gasteiger charge is 2.22. The molecule has 4 heteroatoms. The van der Waals surface area contributed by atoms with Gasteiger partial charge in [-0.1, -0.05) is 13.8 Å². The van der Waals surface area contributed by atoms with Gasteiger partial charge in [0.05, 0.1) is 0 Å². The number of likely N-dealkylation sites (tertiary alicyclic amines) is 1. The summed E-state index contributed by atoms with van der Waals surface area (Å²) in [5.74, 6) is 0.777. The summed E-state index contributed by atoms with van der Waals surface area (Å²) < 4.78 is 5.53. The molecule has 1 atom stereocenters. The van der Waals surface area contributed by atoms with Crippen LogP contribution in [0.5, 0.6) is 0 Å². The van der Waals surface area contributed by atoms with Crippen LogP contribution in [0, 0.1) is 11.8 Å². The number of carbonyl (C=O) groups excluding carboxylic acids is 1. The summed E-state index contributed by atoms with van der Waals surface area (Å²) in [4.78, 5) is 14.1. The summed E-state index contributed by atoms with van der Waals surface area (Å²) in [7, 11) is 2.10. The lowest BCUT2D eigenvalue weighted by molar-refractivity contribution is -0.152. The van der Waals surface area contributed by atoms with Crippen LogP contribution in [0.3, 0.4) is 0 Å². The van der Waals surface area contributed by atoms with E-state index in [0.717, 1.165) is 32.4 Å². The highest BCUT2D eigenvalue weighted by atomic mass is 16.5. The van der Waals surface area contributed by atoms with Crippen molar-refractivity contribution in [2.45, 2.75) is 45.6 Å². The quantitative estimate of drug-likeness (QED) is 0.734. The van der Waals surface area contributed by atoms with E-state index in [1.165, 1.54) is 0 Å². The number of hydrogen-bond donors (Lipinski definition) is 1. The second-order valence-electron chi connectivity index (χ2n) is 5.93. The van der Waals surface area contributed by atoms with Gasteiger partial charge in [0.25, 0.3) is 0 Å². The van der Waals surface area contributed by atoms with Gasteiger partial charge in [0.15, 0.2) is 0 Å². The Bertz CT molecular complexity index is 248. The van der Waals surface area contributed by atoms with Crippen LogP contribution in [0.25, 0.3) is 0 Å². The van der Waals surface area contributed by atoms with Crippen LogP contribution in [0.2, 0.25) is 0 Å². The molecule has 18 heavy (non-hydrogen) atoms. The first-order valence-electron chi connectivity index (χ1n) is 7.09. The first-order valence-corrected chi connectivity index (χ1v) is 7.09. The maximum atomic E-state index is 11.9. The number of ether oxygens (including phenoxy) is 1. The molecular formula is C14H28N2O2. The fourth-order valence-corrected chi connectivity index (χ4v) is 2.50. The van der Waals surface area contributed by atoms with E-state index >= 15 is 0 Å². The Balaban J connectivity index is 2.27. The SMILES string of the molecule is CC(C)C[C@H](CN)CC(=O)OC1CCN(C)CC1. The molecule has 0 unspecified atom stereocenters. The highest BCUT2D eigenvalue weighted by molar-refractivity contribution is 5.69. The van der Waals surface area contributed by atoms with Crippen molar-refractivity contribution in [3.05, 3.63) is 0 Å². The van der Waals surface area contributed by atoms with Gasteiger partial charge in [0.1, 0.15) is 6.10 Å². The minimum absolute atomic E-state index is 0.0688. The zero-order valence-corrected chi connectivity index (χ0v) is 12.0. The van der Waals surface area contributed by atoms with Crippen molar-refractivity contribution in [1.82, 2.24) is 4.90 Å². The van der Waals surface area contributed by atoms with Gasteiger partial charge in [-0.3, -0.25) is 4.79 Å². The molecular weight excluding hydrogens is 228 g/mol. The van der Waals surface area contributed by atoms with Crippen LogP contribution in [-0.4, -0.2) is 43.7 Å². The number of carbonyl (C=O) groups is 1. The van der Waals surface area contributed by atoms with Gasteiger partial charge in [-0.05, 0) is 44.7 Å². The molecule has 106 valence electrons. The summed E-state index contributed by atoms with van der Waals surface area (Å²) in [6, 6.07) is 0. The Hall–Kier alpha value is -0.610. The van der Waals surface area contributed by atoms with E-state index in [0.29, 0.717) is 18.9 Å². The van der Waals surface area contributed by atoms with Gasteiger partial charge in [0, 0.05) is 19.5 Å². The lowest BCUT2D eigenvalue weighted by Crippen LogP contribution is -2.35. The third-order valence-corrected chi connectivity index (χ3v) is 3.56. The lowest BCUT2D eigenvalue weighted by Gasteiger charge is -2.29. The maximum Gasteiger partial charge on any atom is 0.306 e. The molecule has 0 aliphatic carbocycles. The van der Waals surface area contributed by atoms with E-state index in [9.17, 15) is 4.79 Å². The van der Waals surface area contributed by atoms with Crippen LogP contribution < -0.4 is 5.73 Å². The molecule has 1 rings (SSSR count). The minimum atomic E-state index is -0.0688. The number of nitrogens with zero attached hydrogens (tertiary/aromatic N) is 1. The molecule has 0 aromatic heterocycles. The van der Waals surface area contributed by atoms with Crippen LogP contribution in [0.4, 0.5) is 0 Å². The summed E-state index contributed by atoms with van der Waals surface area (Å²) in [6.07, 6.45) is 3.51. The van der Waals surface area contributed by atoms with Crippen molar-refractivity contribution in [3.8, 4) is 0 Å². The van der Waals surface area contributed by atoms with Crippen molar-refractivity contribution in [2.24, 2.45) is 17.6 Å². The molecule has 1 saturated heterocycles. The molecule has 1 aliphatic rings. The largest absolute Gasteiger partial charge is 0.462 e. The summed E-state index contributed by atoms with van der Waals surface area (Å²) in [6.45, 7) is 6.92. The zero-order chi connectivity index (χ0) is 13.5. The van der Waals surface area contributed by atoms with Gasteiger partial charge >= 0.3 is 5.97 Å². The number of nitrogens with two attached hydrogens (primary N) is 1. The average molecular weight is 256 g/mol. The van der Waals surface area contributed by atoms with Crippen molar-refractivity contribution < 1.29 is 9.53 Å². The second-order valence-corrected chi connectivity index (χ2v) is 5.93. The van der Waals surface area contributed by atoms with Gasteiger partial charge in [0.2, 0.25) is 0 Å². The van der Waals surface area contributed by atoms with E-state index in [2.05, 4.69) is 25.8 Å². The molecule has 0 amide bonds. The van der Waals surface area contributed by atoms with Crippen LogP contribution >= 0.6 is 0 Å². The van der Waals surface area contributed by atoms with E-state index < -0.39 is 0 Å². The minimum Gasteiger partial charge on any atom is -0.462 e. The third-order valence-electron chi connectivity index (χ3n) is 3.56. The molecule has 0 saturated carbocycles. The van der Waals surface area contributed by atoms with Crippen LogP contribution in [0.1, 0.15) is 39.5 Å². The fraction of sp³-hybridized carbons (Fsp3) is 0.929. The number of esters is 1. The lowest BCUT2D eigenvalue weighted by atomic mass is 9.94. The monoisotopic (exact) mass is 256 g/mol. The molecule has 1 aliphatic heterocycles. The Kier molecular flexibility index (Phi) is 6.65. The van der Waals surface area contributed by atoms with Crippen molar-refractivity contribution in [1.29, 1.82) is 0 Å². The number of hydrogen-bond acceptors (Lipinski definition) is 4. The normalized spacial score (nSPS) is 20.1. The third kappa shape index (κ3) is 5.83. The topological polar surface area (TPSA) is 55.6 Å². The molecule has 0 radical (unpaired) electrons. The van der Waals surface area contributed by atoms with E-state index in [-0.39, 0.29) is 18.0 Å². The van der Waals surface area contributed by atoms with Crippen molar-refractivity contribution in [3.63, 3.8) is 0 Å². The zero-order valence-electron chi connectivity index (χ0n) is 12.0. The molecule has 0 aromatic carbocycles. The van der Waals surface area contributed by atoms with Gasteiger partial charge < -0.3 is 15.4 Å². The number of rotatable bonds is 6. The second kappa shape index (κ2) is 7.74. The van der Waals surface area contributed by atoms with Gasteiger partial charge in [-0.15, -0.1) is 0 Å². The first kappa shape index (κ1) is 15.4. The van der Waals surface area contributed by atoms with Crippen molar-refractivity contribution >= 4 is 5.97 Å². The summed E-state index contributed by atoms with van der Waals surface area (Å²) in [5.41, 5.74) is 5.71. The molecule has 1 fully saturated rings. The Morgan fingerprint density at radius 2 is 2.00 bits per heavy atom. The van der Waals surface area contributed by atoms with Crippen LogP contribution in [-0.2, 0) is 9.53 Å². The Morgan fingerprint density at radius 3 is 2.50 bits per heavy atom. The van der Waals surface area contributed by atoms with E-state index in [1.807, 2.05) is 0 Å². The summed E-state index contributed by atoms with van der Waals surface area (Å²) in [5, 5.41) is 0. The fourth-order valence-electron chi connectivity index (χ4n) is 2.50. The van der Waals surface area contributed by atoms with Gasteiger partial charge in [-0.2, -0.15) is 0 Å². The Morgan fingerprint density at radius 1 is 1.39 bits per heavy atom. The molecule has 1 heterocycles. The smallest absolute Gasteiger partial charge is 0.306 e. The van der Waals surface area contributed by atoms with E-state index in [1.54, 1.807) is 0 Å². The van der Waals surface area contributed by atoms with Crippen molar-refractivity contribution in [2.75, 3.05) is 26.7 Å². The predicted molar refractivity (Wildman–Crippen MR) is 73.2 cm³/mol. The molecule has 4 nitrogen and oxygen atoms in total. The maximum absolute atomic E-state index is 11.9. The molecule has 0 aromatic rings. The summed E-state index contributed by atoms with van der Waals surface area (Å²) >= 11 is 0. The molecule has 0 bridgehead atoms. The molecule has 0 spiro atoms. The van der Waals surface area contributed by atoms with E-state index in [4.69, 9.17) is 10.5 Å². The molecule has 2 N–H and O–H groups in total. The standard InChI is InChI=1S/C14H28N2O2/c1-11(2)8-12(10-15)9-14(17)18-13-4-6-16(3)7-5-13/h11-13H,4-10,15H2,1-3H3/t12-/m0/s1. The predicted octanol–water partition coefficient (Wildman–Crippen LogP) is 1.63. The number of piperidine rings is 1. The van der Waals surface area contributed by atoms with Gasteiger partial charge in [-0.25, -0.2) is 0 Å². The Labute approximate surface area is 111 Å². The average Bonchev–Trinajstić information content (AvgIpc) is 2.30.